The zero-order valence-electron chi connectivity index (χ0n) is 15.4. The quantitative estimate of drug-likeness (QED) is 0.766. The molecule has 1 amide bonds. The predicted molar refractivity (Wildman–Crippen MR) is 100 cm³/mol. The molecular formula is C17H23ClN6O3. The summed E-state index contributed by atoms with van der Waals surface area (Å²) in [5.74, 6) is 1.22. The first-order valence-corrected chi connectivity index (χ1v) is 9.19. The number of aryl methyl sites for hydroxylation is 1. The van der Waals surface area contributed by atoms with Crippen LogP contribution in [0.25, 0.3) is 0 Å². The fraction of sp³-hybridized carbons (Fsp3) is 0.529. The lowest BCUT2D eigenvalue weighted by Gasteiger charge is -2.26. The van der Waals surface area contributed by atoms with Gasteiger partial charge in [0.25, 0.3) is 11.9 Å². The first-order chi connectivity index (χ1) is 13.1. The summed E-state index contributed by atoms with van der Waals surface area (Å²) in [6, 6.07) is 3.56. The smallest absolute Gasteiger partial charge is 0.263 e. The minimum Gasteiger partial charge on any atom is -0.493 e. The summed E-state index contributed by atoms with van der Waals surface area (Å²) in [7, 11) is 3.22. The summed E-state index contributed by atoms with van der Waals surface area (Å²) in [5, 5.41) is 15.1. The molecule has 3 rings (SSSR count). The largest absolute Gasteiger partial charge is 0.493 e. The Labute approximate surface area is 162 Å². The minimum absolute atomic E-state index is 0.0349. The van der Waals surface area contributed by atoms with Crippen molar-refractivity contribution in [3.05, 3.63) is 22.7 Å². The number of halogens is 1. The van der Waals surface area contributed by atoms with Crippen molar-refractivity contribution in [1.29, 1.82) is 0 Å². The highest BCUT2D eigenvalue weighted by atomic mass is 35.5. The van der Waals surface area contributed by atoms with E-state index in [9.17, 15) is 4.79 Å². The Balaban J connectivity index is 1.63. The van der Waals surface area contributed by atoms with E-state index in [1.807, 2.05) is 4.90 Å². The van der Waals surface area contributed by atoms with Crippen LogP contribution in [0.4, 0.5) is 5.95 Å². The maximum absolute atomic E-state index is 12.3. The van der Waals surface area contributed by atoms with Crippen LogP contribution < -0.4 is 14.8 Å². The molecule has 2 heterocycles. The summed E-state index contributed by atoms with van der Waals surface area (Å²) in [5.41, 5.74) is 0.860. The number of amides is 1. The van der Waals surface area contributed by atoms with Crippen molar-refractivity contribution < 1.29 is 14.3 Å². The van der Waals surface area contributed by atoms with E-state index in [4.69, 9.17) is 21.1 Å². The summed E-state index contributed by atoms with van der Waals surface area (Å²) in [4.78, 5) is 15.5. The maximum atomic E-state index is 12.3. The average Bonchev–Trinajstić information content (AvgIpc) is 3.10. The lowest BCUT2D eigenvalue weighted by Crippen LogP contribution is -2.38. The Morgan fingerprint density at radius 1 is 1.30 bits per heavy atom. The van der Waals surface area contributed by atoms with E-state index in [1.165, 1.54) is 18.3 Å². The van der Waals surface area contributed by atoms with Gasteiger partial charge in [-0.1, -0.05) is 16.7 Å². The van der Waals surface area contributed by atoms with Crippen molar-refractivity contribution in [2.24, 2.45) is 7.05 Å². The number of benzene rings is 1. The standard InChI is InChI=1S/C17H23ClN6O3/c1-23-21-17(20-22-23)19-10-12-8-13(18)16(14(9-12)26-2)27-11-15(25)24-6-4-3-5-7-24/h8-9H,3-7,10-11H2,1-2H3,(H,19,21). The number of rotatable bonds is 7. The van der Waals surface area contributed by atoms with Crippen molar-refractivity contribution in [3.63, 3.8) is 0 Å². The Morgan fingerprint density at radius 2 is 2.07 bits per heavy atom. The van der Waals surface area contributed by atoms with Gasteiger partial charge < -0.3 is 19.7 Å². The summed E-state index contributed by atoms with van der Waals surface area (Å²) >= 11 is 6.36. The molecule has 1 saturated heterocycles. The number of piperidine rings is 1. The van der Waals surface area contributed by atoms with Gasteiger partial charge in [0.1, 0.15) is 0 Å². The van der Waals surface area contributed by atoms with Crippen LogP contribution in [0.15, 0.2) is 12.1 Å². The van der Waals surface area contributed by atoms with E-state index in [0.29, 0.717) is 29.0 Å². The molecule has 0 spiro atoms. The molecule has 146 valence electrons. The number of tetrazole rings is 1. The number of likely N-dealkylation sites (tertiary alicyclic amines) is 1. The van der Waals surface area contributed by atoms with Crippen LogP contribution in [0.3, 0.4) is 0 Å². The molecule has 0 aliphatic carbocycles. The van der Waals surface area contributed by atoms with E-state index < -0.39 is 0 Å². The minimum atomic E-state index is -0.0583. The molecule has 0 saturated carbocycles. The first-order valence-electron chi connectivity index (χ1n) is 8.81. The normalized spacial score (nSPS) is 14.1. The molecule has 1 aromatic carbocycles. The van der Waals surface area contributed by atoms with E-state index in [-0.39, 0.29) is 12.5 Å². The van der Waals surface area contributed by atoms with Crippen LogP contribution in [0.5, 0.6) is 11.5 Å². The summed E-state index contributed by atoms with van der Waals surface area (Å²) in [6.07, 6.45) is 3.25. The Morgan fingerprint density at radius 3 is 2.74 bits per heavy atom. The number of methoxy groups -OCH3 is 1. The molecule has 1 N–H and O–H groups in total. The topological polar surface area (TPSA) is 94.4 Å². The lowest BCUT2D eigenvalue weighted by atomic mass is 10.1. The van der Waals surface area contributed by atoms with Gasteiger partial charge in [0, 0.05) is 19.6 Å². The fourth-order valence-corrected chi connectivity index (χ4v) is 3.21. The van der Waals surface area contributed by atoms with E-state index in [2.05, 4.69) is 20.7 Å². The van der Waals surface area contributed by atoms with Crippen LogP contribution in [-0.4, -0.2) is 57.8 Å². The highest BCUT2D eigenvalue weighted by Gasteiger charge is 2.19. The molecule has 1 fully saturated rings. The van der Waals surface area contributed by atoms with Crippen LogP contribution >= 0.6 is 11.6 Å². The van der Waals surface area contributed by atoms with Gasteiger partial charge in [-0.05, 0) is 42.2 Å². The second-order valence-electron chi connectivity index (χ2n) is 6.30. The van der Waals surface area contributed by atoms with Crippen molar-refractivity contribution in [2.75, 3.05) is 32.1 Å². The second-order valence-corrected chi connectivity index (χ2v) is 6.70. The van der Waals surface area contributed by atoms with Gasteiger partial charge in [0.15, 0.2) is 18.1 Å². The predicted octanol–water partition coefficient (Wildman–Crippen LogP) is 1.88. The van der Waals surface area contributed by atoms with Gasteiger partial charge in [-0.2, -0.15) is 4.80 Å². The molecule has 9 nitrogen and oxygen atoms in total. The Bertz CT molecular complexity index is 791. The molecule has 2 aromatic rings. The highest BCUT2D eigenvalue weighted by molar-refractivity contribution is 6.32. The maximum Gasteiger partial charge on any atom is 0.263 e. The van der Waals surface area contributed by atoms with Crippen molar-refractivity contribution in [2.45, 2.75) is 25.8 Å². The van der Waals surface area contributed by atoms with Gasteiger partial charge in [0.05, 0.1) is 19.2 Å². The SMILES string of the molecule is COc1cc(CNc2nnn(C)n2)cc(Cl)c1OCC(=O)N1CCCCC1. The van der Waals surface area contributed by atoms with Gasteiger partial charge >= 0.3 is 0 Å². The molecule has 0 radical (unpaired) electrons. The molecular weight excluding hydrogens is 372 g/mol. The molecule has 0 atom stereocenters. The van der Waals surface area contributed by atoms with Crippen LogP contribution in [0.1, 0.15) is 24.8 Å². The van der Waals surface area contributed by atoms with Crippen molar-refractivity contribution in [3.8, 4) is 11.5 Å². The molecule has 0 bridgehead atoms. The molecule has 1 aromatic heterocycles. The van der Waals surface area contributed by atoms with E-state index in [0.717, 1.165) is 31.5 Å². The average molecular weight is 395 g/mol. The first kappa shape index (κ1) is 19.2. The third kappa shape index (κ3) is 5.00. The van der Waals surface area contributed by atoms with Gasteiger partial charge in [0.2, 0.25) is 0 Å². The van der Waals surface area contributed by atoms with Crippen molar-refractivity contribution >= 4 is 23.5 Å². The number of nitrogens with zero attached hydrogens (tertiary/aromatic N) is 5. The number of ether oxygens (including phenoxy) is 2. The molecule has 27 heavy (non-hydrogen) atoms. The number of hydrogen-bond donors (Lipinski definition) is 1. The van der Waals surface area contributed by atoms with Gasteiger partial charge in [-0.3, -0.25) is 4.79 Å². The van der Waals surface area contributed by atoms with Gasteiger partial charge in [-0.25, -0.2) is 0 Å². The second kappa shape index (κ2) is 8.90. The monoisotopic (exact) mass is 394 g/mol. The Hall–Kier alpha value is -2.55. The van der Waals surface area contributed by atoms with E-state index in [1.54, 1.807) is 19.2 Å². The number of anilines is 1. The molecule has 0 unspecified atom stereocenters. The zero-order chi connectivity index (χ0) is 19.2. The number of carbonyl (C=O) groups excluding carboxylic acids is 1. The summed E-state index contributed by atoms with van der Waals surface area (Å²) in [6.45, 7) is 1.95. The van der Waals surface area contributed by atoms with Gasteiger partial charge in [-0.15, -0.1) is 5.10 Å². The molecule has 10 heteroatoms. The molecule has 1 aliphatic rings. The zero-order valence-corrected chi connectivity index (χ0v) is 16.2. The van der Waals surface area contributed by atoms with Crippen LogP contribution in [0, 0.1) is 0 Å². The Kier molecular flexibility index (Phi) is 6.33. The number of aromatic nitrogens is 4. The number of nitrogens with one attached hydrogen (secondary N) is 1. The summed E-state index contributed by atoms with van der Waals surface area (Å²) < 4.78 is 11.1. The van der Waals surface area contributed by atoms with Crippen molar-refractivity contribution in [1.82, 2.24) is 25.1 Å². The van der Waals surface area contributed by atoms with E-state index >= 15 is 0 Å². The lowest BCUT2D eigenvalue weighted by molar-refractivity contribution is -0.134. The third-order valence-electron chi connectivity index (χ3n) is 4.30. The van der Waals surface area contributed by atoms with Crippen LogP contribution in [-0.2, 0) is 18.4 Å². The van der Waals surface area contributed by atoms with Crippen LogP contribution in [0.2, 0.25) is 5.02 Å². The number of carbonyl (C=O) groups is 1. The third-order valence-corrected chi connectivity index (χ3v) is 4.58. The number of hydrogen-bond acceptors (Lipinski definition) is 7. The highest BCUT2D eigenvalue weighted by Crippen LogP contribution is 2.36. The molecule has 1 aliphatic heterocycles. The fourth-order valence-electron chi connectivity index (χ4n) is 2.92.